The van der Waals surface area contributed by atoms with Gasteiger partial charge >= 0.3 is 0 Å². The van der Waals surface area contributed by atoms with Crippen LogP contribution in [0, 0.1) is 5.92 Å². The number of hydrogen-bond acceptors (Lipinski definition) is 5. The standard InChI is InChI=1S/C26H30N4O2/c1-3-25-27-15-19(16-28-25)17-30-14-6-7-21(18-30)26(31)29-24-9-5-4-8-23(24)20-10-12-22(32-2)13-11-20/h4-5,8-13,15-16,21H,3,6-7,14,17-18H2,1-2H3,(H,29,31)/t21-/m1/s1. The minimum atomic E-state index is -0.0384. The maximum Gasteiger partial charge on any atom is 0.228 e. The number of amides is 1. The van der Waals surface area contributed by atoms with Crippen molar-refractivity contribution in [2.45, 2.75) is 32.7 Å². The molecule has 0 spiro atoms. The molecule has 2 aromatic carbocycles. The van der Waals surface area contributed by atoms with Crippen LogP contribution in [0.1, 0.15) is 31.2 Å². The molecular formula is C26H30N4O2. The van der Waals surface area contributed by atoms with Crippen molar-refractivity contribution in [3.8, 4) is 16.9 Å². The van der Waals surface area contributed by atoms with Crippen molar-refractivity contribution in [3.63, 3.8) is 0 Å². The molecule has 1 atom stereocenters. The summed E-state index contributed by atoms with van der Waals surface area (Å²) in [5.41, 5.74) is 3.98. The van der Waals surface area contributed by atoms with E-state index < -0.39 is 0 Å². The Morgan fingerprint density at radius 1 is 1.12 bits per heavy atom. The third-order valence-electron chi connectivity index (χ3n) is 5.94. The second kappa shape index (κ2) is 10.4. The number of anilines is 1. The van der Waals surface area contributed by atoms with Gasteiger partial charge in [-0.2, -0.15) is 0 Å². The van der Waals surface area contributed by atoms with Gasteiger partial charge in [-0.25, -0.2) is 9.97 Å². The van der Waals surface area contributed by atoms with Crippen molar-refractivity contribution in [2.24, 2.45) is 5.92 Å². The summed E-state index contributed by atoms with van der Waals surface area (Å²) in [5.74, 6) is 1.71. The average Bonchev–Trinajstić information content (AvgIpc) is 2.85. The zero-order valence-corrected chi connectivity index (χ0v) is 18.8. The molecule has 6 heteroatoms. The number of para-hydroxylation sites is 1. The number of carbonyl (C=O) groups is 1. The van der Waals surface area contributed by atoms with E-state index in [-0.39, 0.29) is 11.8 Å². The van der Waals surface area contributed by atoms with E-state index in [0.717, 1.165) is 72.8 Å². The zero-order valence-electron chi connectivity index (χ0n) is 18.8. The van der Waals surface area contributed by atoms with Gasteiger partial charge in [-0.3, -0.25) is 9.69 Å². The number of piperidine rings is 1. The fourth-order valence-corrected chi connectivity index (χ4v) is 4.17. The monoisotopic (exact) mass is 430 g/mol. The van der Waals surface area contributed by atoms with Crippen LogP contribution in [0.15, 0.2) is 60.9 Å². The molecule has 1 amide bonds. The first-order chi connectivity index (χ1) is 15.7. The van der Waals surface area contributed by atoms with E-state index in [2.05, 4.69) is 27.1 Å². The van der Waals surface area contributed by atoms with Crippen molar-refractivity contribution >= 4 is 11.6 Å². The number of nitrogens with one attached hydrogen (secondary N) is 1. The molecule has 0 aliphatic carbocycles. The Hall–Kier alpha value is -3.25. The van der Waals surface area contributed by atoms with E-state index in [1.54, 1.807) is 7.11 Å². The second-order valence-electron chi connectivity index (χ2n) is 8.20. The third kappa shape index (κ3) is 5.32. The third-order valence-corrected chi connectivity index (χ3v) is 5.94. The predicted molar refractivity (Wildman–Crippen MR) is 126 cm³/mol. The molecule has 1 aliphatic heterocycles. The minimum absolute atomic E-state index is 0.0384. The fourth-order valence-electron chi connectivity index (χ4n) is 4.17. The lowest BCUT2D eigenvalue weighted by atomic mass is 9.96. The molecule has 1 N–H and O–H groups in total. The molecule has 4 rings (SSSR count). The second-order valence-corrected chi connectivity index (χ2v) is 8.20. The molecule has 1 aromatic heterocycles. The summed E-state index contributed by atoms with van der Waals surface area (Å²) in [6, 6.07) is 15.8. The molecule has 166 valence electrons. The lowest BCUT2D eigenvalue weighted by Gasteiger charge is -2.32. The molecule has 2 heterocycles. The van der Waals surface area contributed by atoms with E-state index in [4.69, 9.17) is 4.74 Å². The Morgan fingerprint density at radius 2 is 1.88 bits per heavy atom. The molecule has 1 fully saturated rings. The van der Waals surface area contributed by atoms with Gasteiger partial charge in [0, 0.05) is 48.7 Å². The van der Waals surface area contributed by atoms with E-state index >= 15 is 0 Å². The lowest BCUT2D eigenvalue weighted by molar-refractivity contribution is -0.121. The van der Waals surface area contributed by atoms with Crippen LogP contribution in [-0.2, 0) is 17.8 Å². The smallest absolute Gasteiger partial charge is 0.228 e. The van der Waals surface area contributed by atoms with Crippen molar-refractivity contribution in [2.75, 3.05) is 25.5 Å². The van der Waals surface area contributed by atoms with Crippen LogP contribution in [0.4, 0.5) is 5.69 Å². The maximum absolute atomic E-state index is 13.2. The van der Waals surface area contributed by atoms with Gasteiger partial charge in [0.05, 0.1) is 13.0 Å². The Balaban J connectivity index is 1.42. The number of carbonyl (C=O) groups excluding carboxylic acids is 1. The van der Waals surface area contributed by atoms with Gasteiger partial charge in [0.15, 0.2) is 0 Å². The zero-order chi connectivity index (χ0) is 22.3. The summed E-state index contributed by atoms with van der Waals surface area (Å²) in [5, 5.41) is 3.19. The Bertz CT molecular complexity index is 1030. The SMILES string of the molecule is CCc1ncc(CN2CCC[C@@H](C(=O)Nc3ccccc3-c3ccc(OC)cc3)C2)cn1. The lowest BCUT2D eigenvalue weighted by Crippen LogP contribution is -2.40. The first kappa shape index (κ1) is 22.0. The van der Waals surface area contributed by atoms with E-state index in [0.29, 0.717) is 0 Å². The molecule has 6 nitrogen and oxygen atoms in total. The molecule has 0 saturated carbocycles. The summed E-state index contributed by atoms with van der Waals surface area (Å²) < 4.78 is 5.26. The number of aryl methyl sites for hydroxylation is 1. The number of rotatable bonds is 7. The van der Waals surface area contributed by atoms with Crippen molar-refractivity contribution in [3.05, 3.63) is 72.3 Å². The average molecular weight is 431 g/mol. The van der Waals surface area contributed by atoms with Crippen LogP contribution in [0.3, 0.4) is 0 Å². The van der Waals surface area contributed by atoms with Crippen LogP contribution in [0.25, 0.3) is 11.1 Å². The molecule has 32 heavy (non-hydrogen) atoms. The van der Waals surface area contributed by atoms with Crippen molar-refractivity contribution in [1.29, 1.82) is 0 Å². The molecule has 1 aliphatic rings. The van der Waals surface area contributed by atoms with E-state index in [1.165, 1.54) is 0 Å². The van der Waals surface area contributed by atoms with Gasteiger partial charge in [0.2, 0.25) is 5.91 Å². The predicted octanol–water partition coefficient (Wildman–Crippen LogP) is 4.57. The number of likely N-dealkylation sites (tertiary alicyclic amines) is 1. The van der Waals surface area contributed by atoms with Crippen LogP contribution < -0.4 is 10.1 Å². The number of benzene rings is 2. The molecule has 3 aromatic rings. The topological polar surface area (TPSA) is 67.4 Å². The molecule has 0 bridgehead atoms. The Labute approximate surface area is 189 Å². The first-order valence-electron chi connectivity index (χ1n) is 11.2. The van der Waals surface area contributed by atoms with E-state index in [9.17, 15) is 4.79 Å². The maximum atomic E-state index is 13.2. The molecule has 0 unspecified atom stereocenters. The van der Waals surface area contributed by atoms with Gasteiger partial charge in [0.1, 0.15) is 11.6 Å². The Morgan fingerprint density at radius 3 is 2.59 bits per heavy atom. The number of ether oxygens (including phenoxy) is 1. The van der Waals surface area contributed by atoms with Crippen LogP contribution >= 0.6 is 0 Å². The summed E-state index contributed by atoms with van der Waals surface area (Å²) >= 11 is 0. The molecular weight excluding hydrogens is 400 g/mol. The number of aromatic nitrogens is 2. The molecule has 1 saturated heterocycles. The summed E-state index contributed by atoms with van der Waals surface area (Å²) in [6.45, 7) is 4.56. The highest BCUT2D eigenvalue weighted by molar-refractivity contribution is 5.97. The number of methoxy groups -OCH3 is 1. The van der Waals surface area contributed by atoms with Gasteiger partial charge < -0.3 is 10.1 Å². The quantitative estimate of drug-likeness (QED) is 0.595. The summed E-state index contributed by atoms with van der Waals surface area (Å²) in [7, 11) is 1.66. The largest absolute Gasteiger partial charge is 0.497 e. The van der Waals surface area contributed by atoms with Gasteiger partial charge in [-0.05, 0) is 43.1 Å². The highest BCUT2D eigenvalue weighted by Crippen LogP contribution is 2.30. The van der Waals surface area contributed by atoms with Crippen LogP contribution in [0.2, 0.25) is 0 Å². The number of hydrogen-bond donors (Lipinski definition) is 1. The Kier molecular flexibility index (Phi) is 7.12. The minimum Gasteiger partial charge on any atom is -0.497 e. The van der Waals surface area contributed by atoms with E-state index in [1.807, 2.05) is 60.9 Å². The van der Waals surface area contributed by atoms with Crippen LogP contribution in [-0.4, -0.2) is 41.0 Å². The fraction of sp³-hybridized carbons (Fsp3) is 0.346. The normalized spacial score (nSPS) is 16.5. The first-order valence-corrected chi connectivity index (χ1v) is 11.2. The number of nitrogens with zero attached hydrogens (tertiary/aromatic N) is 3. The highest BCUT2D eigenvalue weighted by atomic mass is 16.5. The van der Waals surface area contributed by atoms with Crippen molar-refractivity contribution in [1.82, 2.24) is 14.9 Å². The van der Waals surface area contributed by atoms with Gasteiger partial charge in [-0.1, -0.05) is 37.3 Å². The van der Waals surface area contributed by atoms with Gasteiger partial charge in [0.25, 0.3) is 0 Å². The summed E-state index contributed by atoms with van der Waals surface area (Å²) in [4.78, 5) is 24.3. The highest BCUT2D eigenvalue weighted by Gasteiger charge is 2.26. The van der Waals surface area contributed by atoms with Crippen LogP contribution in [0.5, 0.6) is 5.75 Å². The van der Waals surface area contributed by atoms with Gasteiger partial charge in [-0.15, -0.1) is 0 Å². The molecule has 0 radical (unpaired) electrons. The summed E-state index contributed by atoms with van der Waals surface area (Å²) in [6.07, 6.45) is 6.55. The van der Waals surface area contributed by atoms with Crippen molar-refractivity contribution < 1.29 is 9.53 Å².